The third kappa shape index (κ3) is 2.76. The summed E-state index contributed by atoms with van der Waals surface area (Å²) >= 11 is 14.7. The number of thiophene rings is 1. The smallest absolute Gasteiger partial charge is 0.0761 e. The van der Waals surface area contributed by atoms with Crippen LogP contribution >= 0.6 is 54.8 Å². The maximum Gasteiger partial charge on any atom is 0.0761 e. The molecule has 17 heavy (non-hydrogen) atoms. The Balaban J connectivity index is 2.47. The highest BCUT2D eigenvalue weighted by Crippen LogP contribution is 2.38. The molecule has 0 aliphatic carbocycles. The summed E-state index contributed by atoms with van der Waals surface area (Å²) in [4.78, 5) is 0. The molecule has 0 radical (unpaired) electrons. The van der Waals surface area contributed by atoms with Crippen molar-refractivity contribution in [2.24, 2.45) is 5.73 Å². The first-order valence-corrected chi connectivity index (χ1v) is 7.74. The van der Waals surface area contributed by atoms with Gasteiger partial charge in [0.15, 0.2) is 0 Å². The van der Waals surface area contributed by atoms with Gasteiger partial charge in [-0.2, -0.15) is 0 Å². The minimum absolute atomic E-state index is 0.161. The Labute approximate surface area is 126 Å². The van der Waals surface area contributed by atoms with E-state index in [1.807, 2.05) is 31.2 Å². The molecule has 1 aromatic carbocycles. The Morgan fingerprint density at radius 1 is 1.29 bits per heavy atom. The monoisotopic (exact) mass is 393 g/mol. The minimum atomic E-state index is -0.161. The van der Waals surface area contributed by atoms with Gasteiger partial charge in [-0.05, 0) is 67.6 Å². The SMILES string of the molecule is Cc1c(Cl)cccc1C(N)c1cc(Br)sc1Br. The predicted octanol–water partition coefficient (Wildman–Crippen LogP) is 5.28. The lowest BCUT2D eigenvalue weighted by Gasteiger charge is -2.15. The van der Waals surface area contributed by atoms with Crippen LogP contribution in [-0.4, -0.2) is 0 Å². The molecule has 2 rings (SSSR count). The van der Waals surface area contributed by atoms with Gasteiger partial charge < -0.3 is 5.73 Å². The molecule has 0 bridgehead atoms. The summed E-state index contributed by atoms with van der Waals surface area (Å²) in [5.74, 6) is 0. The van der Waals surface area contributed by atoms with Crippen LogP contribution in [0, 0.1) is 6.92 Å². The molecule has 5 heteroatoms. The molecule has 1 nitrogen and oxygen atoms in total. The van der Waals surface area contributed by atoms with Crippen LogP contribution in [0.1, 0.15) is 22.7 Å². The largest absolute Gasteiger partial charge is 0.320 e. The van der Waals surface area contributed by atoms with Crippen molar-refractivity contribution >= 4 is 54.8 Å². The third-order valence-electron chi connectivity index (χ3n) is 2.66. The molecular formula is C12H10Br2ClNS. The van der Waals surface area contributed by atoms with E-state index in [1.54, 1.807) is 11.3 Å². The Kier molecular flexibility index (Phi) is 4.31. The van der Waals surface area contributed by atoms with Gasteiger partial charge >= 0.3 is 0 Å². The van der Waals surface area contributed by atoms with Crippen LogP contribution < -0.4 is 5.73 Å². The van der Waals surface area contributed by atoms with E-state index in [1.165, 1.54) is 0 Å². The molecule has 1 heterocycles. The van der Waals surface area contributed by atoms with Crippen molar-refractivity contribution in [1.82, 2.24) is 0 Å². The summed E-state index contributed by atoms with van der Waals surface area (Å²) in [5.41, 5.74) is 9.47. The molecule has 0 fully saturated rings. The van der Waals surface area contributed by atoms with Gasteiger partial charge in [-0.15, -0.1) is 11.3 Å². The Hall–Kier alpha value is 0.130. The van der Waals surface area contributed by atoms with E-state index in [0.29, 0.717) is 0 Å². The second kappa shape index (κ2) is 5.41. The zero-order chi connectivity index (χ0) is 12.6. The highest BCUT2D eigenvalue weighted by molar-refractivity contribution is 9.12. The van der Waals surface area contributed by atoms with Gasteiger partial charge in [0.2, 0.25) is 0 Å². The van der Waals surface area contributed by atoms with Gasteiger partial charge in [0.05, 0.1) is 13.6 Å². The molecule has 0 aliphatic rings. The average Bonchev–Trinajstić information content (AvgIpc) is 2.61. The predicted molar refractivity (Wildman–Crippen MR) is 81.9 cm³/mol. The Morgan fingerprint density at radius 3 is 2.59 bits per heavy atom. The van der Waals surface area contributed by atoms with E-state index < -0.39 is 0 Å². The van der Waals surface area contributed by atoms with Crippen LogP contribution in [0.15, 0.2) is 31.8 Å². The summed E-state index contributed by atoms with van der Waals surface area (Å²) in [5, 5.41) is 0.753. The lowest BCUT2D eigenvalue weighted by atomic mass is 9.98. The summed E-state index contributed by atoms with van der Waals surface area (Å²) in [6.07, 6.45) is 0. The van der Waals surface area contributed by atoms with Crippen molar-refractivity contribution in [3.8, 4) is 0 Å². The van der Waals surface area contributed by atoms with Gasteiger partial charge in [0.25, 0.3) is 0 Å². The van der Waals surface area contributed by atoms with Gasteiger partial charge in [-0.25, -0.2) is 0 Å². The van der Waals surface area contributed by atoms with Crippen LogP contribution in [-0.2, 0) is 0 Å². The molecule has 0 amide bonds. The second-order valence-corrected chi connectivity index (χ2v) is 7.87. The summed E-state index contributed by atoms with van der Waals surface area (Å²) in [6, 6.07) is 7.71. The van der Waals surface area contributed by atoms with Crippen LogP contribution in [0.5, 0.6) is 0 Å². The first-order chi connectivity index (χ1) is 8.00. The van der Waals surface area contributed by atoms with Crippen molar-refractivity contribution in [1.29, 1.82) is 0 Å². The van der Waals surface area contributed by atoms with E-state index in [9.17, 15) is 0 Å². The van der Waals surface area contributed by atoms with Crippen molar-refractivity contribution < 1.29 is 0 Å². The van der Waals surface area contributed by atoms with Crippen molar-refractivity contribution in [3.05, 3.63) is 53.6 Å². The quantitative estimate of drug-likeness (QED) is 0.735. The first kappa shape index (κ1) is 13.6. The fourth-order valence-corrected chi connectivity index (χ4v) is 4.80. The normalized spacial score (nSPS) is 12.8. The summed E-state index contributed by atoms with van der Waals surface area (Å²) < 4.78 is 2.12. The maximum atomic E-state index is 6.30. The van der Waals surface area contributed by atoms with E-state index in [2.05, 4.69) is 31.9 Å². The van der Waals surface area contributed by atoms with E-state index in [-0.39, 0.29) is 6.04 Å². The molecule has 0 saturated carbocycles. The van der Waals surface area contributed by atoms with Gasteiger partial charge in [0.1, 0.15) is 0 Å². The first-order valence-electron chi connectivity index (χ1n) is 4.96. The van der Waals surface area contributed by atoms with Gasteiger partial charge in [-0.3, -0.25) is 0 Å². The molecule has 2 N–H and O–H groups in total. The average molecular weight is 396 g/mol. The summed E-state index contributed by atoms with van der Waals surface area (Å²) in [7, 11) is 0. The highest BCUT2D eigenvalue weighted by Gasteiger charge is 2.17. The lowest BCUT2D eigenvalue weighted by Crippen LogP contribution is -2.13. The second-order valence-electron chi connectivity index (χ2n) is 3.71. The molecule has 0 saturated heterocycles. The van der Waals surface area contributed by atoms with Crippen molar-refractivity contribution in [3.63, 3.8) is 0 Å². The molecule has 1 atom stereocenters. The lowest BCUT2D eigenvalue weighted by molar-refractivity contribution is 0.862. The molecule has 0 spiro atoms. The van der Waals surface area contributed by atoms with Crippen LogP contribution in [0.2, 0.25) is 5.02 Å². The number of rotatable bonds is 2. The Bertz CT molecular complexity index is 553. The van der Waals surface area contributed by atoms with Crippen LogP contribution in [0.25, 0.3) is 0 Å². The standard InChI is InChI=1S/C12H10Br2ClNS/c1-6-7(3-2-4-9(6)15)11(16)8-5-10(13)17-12(8)14/h2-5,11H,16H2,1H3. The van der Waals surface area contributed by atoms with Gasteiger partial charge in [0, 0.05) is 5.02 Å². The molecule has 2 aromatic rings. The zero-order valence-corrected chi connectivity index (χ0v) is 13.8. The van der Waals surface area contributed by atoms with Gasteiger partial charge in [-0.1, -0.05) is 23.7 Å². The molecule has 90 valence electrons. The number of hydrogen-bond donors (Lipinski definition) is 1. The van der Waals surface area contributed by atoms with Crippen molar-refractivity contribution in [2.45, 2.75) is 13.0 Å². The number of hydrogen-bond acceptors (Lipinski definition) is 2. The van der Waals surface area contributed by atoms with Crippen molar-refractivity contribution in [2.75, 3.05) is 0 Å². The third-order valence-corrected chi connectivity index (χ3v) is 5.46. The minimum Gasteiger partial charge on any atom is -0.320 e. The zero-order valence-electron chi connectivity index (χ0n) is 9.01. The topological polar surface area (TPSA) is 26.0 Å². The molecule has 1 aromatic heterocycles. The molecular weight excluding hydrogens is 385 g/mol. The number of nitrogens with two attached hydrogens (primary N) is 1. The van der Waals surface area contributed by atoms with Crippen LogP contribution in [0.3, 0.4) is 0 Å². The maximum absolute atomic E-state index is 6.30. The summed E-state index contributed by atoms with van der Waals surface area (Å²) in [6.45, 7) is 1.99. The number of halogens is 3. The fraction of sp³-hybridized carbons (Fsp3) is 0.167. The van der Waals surface area contributed by atoms with E-state index >= 15 is 0 Å². The Morgan fingerprint density at radius 2 is 2.00 bits per heavy atom. The fourth-order valence-electron chi connectivity index (χ4n) is 1.69. The van der Waals surface area contributed by atoms with E-state index in [4.69, 9.17) is 17.3 Å². The molecule has 1 unspecified atom stereocenters. The van der Waals surface area contributed by atoms with E-state index in [0.717, 1.165) is 29.3 Å². The molecule has 0 aliphatic heterocycles. The highest BCUT2D eigenvalue weighted by atomic mass is 79.9. The van der Waals surface area contributed by atoms with Crippen LogP contribution in [0.4, 0.5) is 0 Å². The number of benzene rings is 1.